The van der Waals surface area contributed by atoms with Crippen molar-refractivity contribution in [3.63, 3.8) is 0 Å². The van der Waals surface area contributed by atoms with Crippen molar-refractivity contribution < 1.29 is 0 Å². The SMILES string of the molecule is CC(C)CNCc1cccc(CCCCNC2CC2)n1. The van der Waals surface area contributed by atoms with Crippen LogP contribution in [0.1, 0.15) is 50.9 Å². The van der Waals surface area contributed by atoms with Gasteiger partial charge in [0, 0.05) is 18.3 Å². The molecule has 1 aromatic rings. The average Bonchev–Trinajstić information content (AvgIpc) is 3.22. The van der Waals surface area contributed by atoms with E-state index in [0.717, 1.165) is 25.6 Å². The van der Waals surface area contributed by atoms with E-state index in [1.165, 1.54) is 43.6 Å². The standard InChI is InChI=1S/C17H29N3/c1-14(2)12-18-13-17-8-5-7-16(20-17)6-3-4-11-19-15-9-10-15/h5,7-8,14-15,18-19H,3-4,6,9-13H2,1-2H3. The van der Waals surface area contributed by atoms with Crippen molar-refractivity contribution in [2.24, 2.45) is 5.92 Å². The molecule has 0 unspecified atom stereocenters. The molecule has 0 aliphatic heterocycles. The Morgan fingerprint density at radius 1 is 1.20 bits per heavy atom. The summed E-state index contributed by atoms with van der Waals surface area (Å²) in [5.41, 5.74) is 2.40. The molecular weight excluding hydrogens is 246 g/mol. The highest BCUT2D eigenvalue weighted by Gasteiger charge is 2.19. The van der Waals surface area contributed by atoms with Crippen LogP contribution in [0.2, 0.25) is 0 Å². The molecule has 1 aliphatic carbocycles. The van der Waals surface area contributed by atoms with Crippen molar-refractivity contribution in [3.8, 4) is 0 Å². The van der Waals surface area contributed by atoms with E-state index in [-0.39, 0.29) is 0 Å². The summed E-state index contributed by atoms with van der Waals surface area (Å²) in [5.74, 6) is 0.692. The van der Waals surface area contributed by atoms with Crippen LogP contribution in [0.3, 0.4) is 0 Å². The van der Waals surface area contributed by atoms with E-state index in [9.17, 15) is 0 Å². The fourth-order valence-electron chi connectivity index (χ4n) is 2.28. The molecule has 3 heteroatoms. The molecule has 1 heterocycles. The van der Waals surface area contributed by atoms with Crippen molar-refractivity contribution in [1.82, 2.24) is 15.6 Å². The molecule has 0 bridgehead atoms. The van der Waals surface area contributed by atoms with Crippen LogP contribution < -0.4 is 10.6 Å². The maximum Gasteiger partial charge on any atom is 0.0544 e. The third-order valence-corrected chi connectivity index (χ3v) is 3.59. The first-order chi connectivity index (χ1) is 9.74. The zero-order chi connectivity index (χ0) is 14.2. The van der Waals surface area contributed by atoms with Gasteiger partial charge in [-0.15, -0.1) is 0 Å². The number of unbranched alkanes of at least 4 members (excludes halogenated alkanes) is 1. The van der Waals surface area contributed by atoms with Crippen molar-refractivity contribution in [1.29, 1.82) is 0 Å². The van der Waals surface area contributed by atoms with E-state index < -0.39 is 0 Å². The summed E-state index contributed by atoms with van der Waals surface area (Å²) >= 11 is 0. The quantitative estimate of drug-likeness (QED) is 0.645. The van der Waals surface area contributed by atoms with Gasteiger partial charge in [0.15, 0.2) is 0 Å². The highest BCUT2D eigenvalue weighted by atomic mass is 14.9. The third-order valence-electron chi connectivity index (χ3n) is 3.59. The van der Waals surface area contributed by atoms with E-state index in [1.54, 1.807) is 0 Å². The second-order valence-electron chi connectivity index (χ2n) is 6.33. The maximum atomic E-state index is 4.73. The van der Waals surface area contributed by atoms with Crippen molar-refractivity contribution in [2.45, 2.75) is 58.5 Å². The number of pyridine rings is 1. The highest BCUT2D eigenvalue weighted by molar-refractivity contribution is 5.11. The van der Waals surface area contributed by atoms with Gasteiger partial charge < -0.3 is 10.6 Å². The number of hydrogen-bond donors (Lipinski definition) is 2. The molecule has 0 aromatic carbocycles. The van der Waals surface area contributed by atoms with Crippen molar-refractivity contribution in [3.05, 3.63) is 29.6 Å². The van der Waals surface area contributed by atoms with Crippen molar-refractivity contribution >= 4 is 0 Å². The van der Waals surface area contributed by atoms with Gasteiger partial charge in [-0.3, -0.25) is 4.98 Å². The molecule has 2 N–H and O–H groups in total. The molecule has 1 aliphatic rings. The van der Waals surface area contributed by atoms with Crippen LogP contribution in [0.4, 0.5) is 0 Å². The lowest BCUT2D eigenvalue weighted by Gasteiger charge is -2.08. The van der Waals surface area contributed by atoms with Gasteiger partial charge in [0.05, 0.1) is 5.69 Å². The summed E-state index contributed by atoms with van der Waals surface area (Å²) in [7, 11) is 0. The Hall–Kier alpha value is -0.930. The highest BCUT2D eigenvalue weighted by Crippen LogP contribution is 2.18. The van der Waals surface area contributed by atoms with Gasteiger partial charge >= 0.3 is 0 Å². The molecule has 0 saturated heterocycles. The lowest BCUT2D eigenvalue weighted by Crippen LogP contribution is -2.19. The molecule has 1 aromatic heterocycles. The number of nitrogens with one attached hydrogen (secondary N) is 2. The van der Waals surface area contributed by atoms with E-state index in [2.05, 4.69) is 42.7 Å². The Morgan fingerprint density at radius 3 is 2.75 bits per heavy atom. The first kappa shape index (κ1) is 15.5. The Bertz CT molecular complexity index is 386. The monoisotopic (exact) mass is 275 g/mol. The lowest BCUT2D eigenvalue weighted by molar-refractivity contribution is 0.547. The summed E-state index contributed by atoms with van der Waals surface area (Å²) < 4.78 is 0. The minimum atomic E-state index is 0.692. The smallest absolute Gasteiger partial charge is 0.0544 e. The fraction of sp³-hybridized carbons (Fsp3) is 0.706. The van der Waals surface area contributed by atoms with E-state index in [1.807, 2.05) is 0 Å². The first-order valence-electron chi connectivity index (χ1n) is 8.13. The van der Waals surface area contributed by atoms with Crippen LogP contribution in [0.5, 0.6) is 0 Å². The number of nitrogens with zero attached hydrogens (tertiary/aromatic N) is 1. The van der Waals surface area contributed by atoms with Crippen molar-refractivity contribution in [2.75, 3.05) is 13.1 Å². The Balaban J connectivity index is 1.62. The van der Waals surface area contributed by atoms with Gasteiger partial charge in [-0.25, -0.2) is 0 Å². The summed E-state index contributed by atoms with van der Waals surface area (Å²) in [5, 5.41) is 7.01. The second kappa shape index (κ2) is 8.38. The largest absolute Gasteiger partial charge is 0.314 e. The predicted molar refractivity (Wildman–Crippen MR) is 84.7 cm³/mol. The molecule has 0 spiro atoms. The molecule has 3 nitrogen and oxygen atoms in total. The lowest BCUT2D eigenvalue weighted by atomic mass is 10.1. The van der Waals surface area contributed by atoms with Crippen LogP contribution in [0, 0.1) is 5.92 Å². The van der Waals surface area contributed by atoms with Crippen LogP contribution in [-0.2, 0) is 13.0 Å². The number of rotatable bonds is 10. The second-order valence-corrected chi connectivity index (χ2v) is 6.33. The zero-order valence-corrected chi connectivity index (χ0v) is 13.0. The molecule has 2 rings (SSSR count). The first-order valence-corrected chi connectivity index (χ1v) is 8.13. The molecule has 0 radical (unpaired) electrons. The fourth-order valence-corrected chi connectivity index (χ4v) is 2.28. The van der Waals surface area contributed by atoms with Gasteiger partial charge in [-0.05, 0) is 63.2 Å². The van der Waals surface area contributed by atoms with E-state index >= 15 is 0 Å². The Labute approximate surface area is 123 Å². The summed E-state index contributed by atoms with van der Waals surface area (Å²) in [4.78, 5) is 4.73. The van der Waals surface area contributed by atoms with Gasteiger partial charge in [-0.2, -0.15) is 0 Å². The summed E-state index contributed by atoms with van der Waals surface area (Å²) in [6.45, 7) is 7.56. The molecule has 1 saturated carbocycles. The van der Waals surface area contributed by atoms with Crippen LogP contribution >= 0.6 is 0 Å². The molecule has 0 amide bonds. The molecular formula is C17H29N3. The number of aryl methyl sites for hydroxylation is 1. The summed E-state index contributed by atoms with van der Waals surface area (Å²) in [6.07, 6.45) is 6.36. The van der Waals surface area contributed by atoms with E-state index in [4.69, 9.17) is 4.98 Å². The van der Waals surface area contributed by atoms with E-state index in [0.29, 0.717) is 5.92 Å². The number of hydrogen-bond acceptors (Lipinski definition) is 3. The molecule has 112 valence electrons. The minimum Gasteiger partial charge on any atom is -0.314 e. The third kappa shape index (κ3) is 6.49. The molecule has 0 atom stereocenters. The topological polar surface area (TPSA) is 37.0 Å². The van der Waals surface area contributed by atoms with Crippen LogP contribution in [0.25, 0.3) is 0 Å². The van der Waals surface area contributed by atoms with Gasteiger partial charge in [0.1, 0.15) is 0 Å². The van der Waals surface area contributed by atoms with Crippen LogP contribution in [0.15, 0.2) is 18.2 Å². The average molecular weight is 275 g/mol. The minimum absolute atomic E-state index is 0.692. The maximum absolute atomic E-state index is 4.73. The predicted octanol–water partition coefficient (Wildman–Crippen LogP) is 2.90. The van der Waals surface area contributed by atoms with Crippen LogP contribution in [-0.4, -0.2) is 24.1 Å². The number of aromatic nitrogens is 1. The summed E-state index contributed by atoms with van der Waals surface area (Å²) in [6, 6.07) is 7.24. The molecule has 20 heavy (non-hydrogen) atoms. The zero-order valence-electron chi connectivity index (χ0n) is 13.0. The van der Waals surface area contributed by atoms with Gasteiger partial charge in [0.25, 0.3) is 0 Å². The Kier molecular flexibility index (Phi) is 6.48. The van der Waals surface area contributed by atoms with Gasteiger partial charge in [0.2, 0.25) is 0 Å². The normalized spacial score (nSPS) is 14.9. The van der Waals surface area contributed by atoms with Gasteiger partial charge in [-0.1, -0.05) is 19.9 Å². The molecule has 1 fully saturated rings. The Morgan fingerprint density at radius 2 is 2.00 bits per heavy atom.